The van der Waals surface area contributed by atoms with Gasteiger partial charge in [0, 0.05) is 12.0 Å². The zero-order valence-corrected chi connectivity index (χ0v) is 18.2. The molecule has 0 saturated carbocycles. The molecule has 4 rings (SSSR count). The van der Waals surface area contributed by atoms with Crippen LogP contribution in [0.4, 0.5) is 4.79 Å². The third-order valence-corrected chi connectivity index (χ3v) is 5.04. The highest BCUT2D eigenvalue weighted by Crippen LogP contribution is 2.32. The lowest BCUT2D eigenvalue weighted by atomic mass is 10.1. The third kappa shape index (κ3) is 6.04. The molecule has 0 spiro atoms. The summed E-state index contributed by atoms with van der Waals surface area (Å²) in [6.45, 7) is 0.150. The van der Waals surface area contributed by atoms with Gasteiger partial charge in [-0.1, -0.05) is 60.7 Å². The minimum Gasteiger partial charge on any atom is -0.454 e. The van der Waals surface area contributed by atoms with Crippen molar-refractivity contribution in [2.75, 3.05) is 6.79 Å². The van der Waals surface area contributed by atoms with Gasteiger partial charge in [0.1, 0.15) is 12.6 Å². The van der Waals surface area contributed by atoms with E-state index in [4.69, 9.17) is 14.2 Å². The van der Waals surface area contributed by atoms with Crippen molar-refractivity contribution in [2.24, 2.45) is 0 Å². The Morgan fingerprint density at radius 3 is 2.24 bits per heavy atom. The van der Waals surface area contributed by atoms with Crippen LogP contribution in [-0.2, 0) is 22.6 Å². The van der Waals surface area contributed by atoms with Crippen LogP contribution in [0.1, 0.15) is 21.5 Å². The van der Waals surface area contributed by atoms with Crippen molar-refractivity contribution >= 4 is 17.9 Å². The zero-order chi connectivity index (χ0) is 23.8. The molecule has 1 unspecified atom stereocenters. The van der Waals surface area contributed by atoms with Crippen LogP contribution in [0, 0.1) is 0 Å². The number of carbonyl (C=O) groups is 3. The molecule has 1 aliphatic heterocycles. The number of amides is 3. The van der Waals surface area contributed by atoms with Crippen molar-refractivity contribution < 1.29 is 28.6 Å². The second-order valence-corrected chi connectivity index (χ2v) is 7.46. The van der Waals surface area contributed by atoms with Gasteiger partial charge in [-0.05, 0) is 29.3 Å². The van der Waals surface area contributed by atoms with Gasteiger partial charge in [-0.3, -0.25) is 20.4 Å². The molecule has 0 aliphatic carbocycles. The Labute approximate surface area is 196 Å². The fourth-order valence-corrected chi connectivity index (χ4v) is 3.28. The molecule has 0 aromatic heterocycles. The molecule has 174 valence electrons. The van der Waals surface area contributed by atoms with Crippen molar-refractivity contribution in [2.45, 2.75) is 19.1 Å². The van der Waals surface area contributed by atoms with Crippen molar-refractivity contribution in [3.63, 3.8) is 0 Å². The molecule has 0 saturated heterocycles. The molecule has 3 N–H and O–H groups in total. The summed E-state index contributed by atoms with van der Waals surface area (Å²) in [5.74, 6) is -0.156. The number of benzene rings is 3. The first-order valence-electron chi connectivity index (χ1n) is 10.6. The van der Waals surface area contributed by atoms with E-state index in [0.29, 0.717) is 11.5 Å². The fourth-order valence-electron chi connectivity index (χ4n) is 3.28. The van der Waals surface area contributed by atoms with Gasteiger partial charge < -0.3 is 19.5 Å². The largest absolute Gasteiger partial charge is 0.454 e. The van der Waals surface area contributed by atoms with Gasteiger partial charge >= 0.3 is 6.09 Å². The predicted molar refractivity (Wildman–Crippen MR) is 122 cm³/mol. The molecular formula is C25H23N3O6. The monoisotopic (exact) mass is 461 g/mol. The Kier molecular flexibility index (Phi) is 7.24. The second-order valence-electron chi connectivity index (χ2n) is 7.46. The Balaban J connectivity index is 1.36. The lowest BCUT2D eigenvalue weighted by molar-refractivity contribution is -0.123. The van der Waals surface area contributed by atoms with Crippen LogP contribution in [0.2, 0.25) is 0 Å². The Morgan fingerprint density at radius 2 is 1.50 bits per heavy atom. The van der Waals surface area contributed by atoms with Gasteiger partial charge in [0.15, 0.2) is 11.5 Å². The Hall–Kier alpha value is -4.53. The summed E-state index contributed by atoms with van der Waals surface area (Å²) in [5.41, 5.74) is 6.65. The molecule has 1 atom stereocenters. The normalized spacial score (nSPS) is 12.4. The number of nitrogens with one attached hydrogen (secondary N) is 3. The number of hydrazine groups is 1. The summed E-state index contributed by atoms with van der Waals surface area (Å²) in [7, 11) is 0. The highest BCUT2D eigenvalue weighted by Gasteiger charge is 2.23. The highest BCUT2D eigenvalue weighted by molar-refractivity contribution is 5.96. The lowest BCUT2D eigenvalue weighted by Gasteiger charge is -2.19. The summed E-state index contributed by atoms with van der Waals surface area (Å²) in [6, 6.07) is 22.1. The van der Waals surface area contributed by atoms with E-state index >= 15 is 0 Å². The highest BCUT2D eigenvalue weighted by atomic mass is 16.7. The lowest BCUT2D eigenvalue weighted by Crippen LogP contribution is -2.53. The molecule has 3 amide bonds. The molecule has 0 fully saturated rings. The second kappa shape index (κ2) is 10.9. The summed E-state index contributed by atoms with van der Waals surface area (Å²) >= 11 is 0. The van der Waals surface area contributed by atoms with Crippen LogP contribution >= 0.6 is 0 Å². The zero-order valence-electron chi connectivity index (χ0n) is 18.2. The maximum absolute atomic E-state index is 12.8. The van der Waals surface area contributed by atoms with Crippen LogP contribution in [0.5, 0.6) is 11.5 Å². The van der Waals surface area contributed by atoms with Crippen molar-refractivity contribution in [1.82, 2.24) is 16.2 Å². The fraction of sp³-hybridized carbons (Fsp3) is 0.160. The minimum atomic E-state index is -0.984. The molecule has 3 aromatic carbocycles. The summed E-state index contributed by atoms with van der Waals surface area (Å²) < 4.78 is 15.7. The first kappa shape index (κ1) is 22.7. The van der Waals surface area contributed by atoms with Gasteiger partial charge in [-0.25, -0.2) is 4.79 Å². The smallest absolute Gasteiger partial charge is 0.408 e. The summed E-state index contributed by atoms with van der Waals surface area (Å²) in [6.07, 6.45) is -0.547. The number of hydrogen-bond acceptors (Lipinski definition) is 6. The van der Waals surface area contributed by atoms with Crippen LogP contribution in [0.15, 0.2) is 78.9 Å². The first-order chi connectivity index (χ1) is 16.6. The standard InChI is InChI=1S/C25H23N3O6/c29-23(19-11-12-21-22(14-19)34-16-33-21)27-28-24(30)20(13-17-7-3-1-4-8-17)26-25(31)32-15-18-9-5-2-6-10-18/h1-12,14,20H,13,15-16H2,(H,26,31)(H,27,29)(H,28,30). The SMILES string of the molecule is O=C(NC(Cc1ccccc1)C(=O)NNC(=O)c1ccc2c(c1)OCO2)OCc1ccccc1. The Bertz CT molecular complexity index is 1150. The molecule has 0 bridgehead atoms. The van der Waals surface area contributed by atoms with E-state index in [9.17, 15) is 14.4 Å². The topological polar surface area (TPSA) is 115 Å². The van der Waals surface area contributed by atoms with Gasteiger partial charge in [-0.2, -0.15) is 0 Å². The number of hydrogen-bond donors (Lipinski definition) is 3. The summed E-state index contributed by atoms with van der Waals surface area (Å²) in [5, 5.41) is 2.57. The molecular weight excluding hydrogens is 438 g/mol. The van der Waals surface area contributed by atoms with E-state index in [1.807, 2.05) is 60.7 Å². The van der Waals surface area contributed by atoms with Crippen LogP contribution in [0.3, 0.4) is 0 Å². The maximum Gasteiger partial charge on any atom is 0.408 e. The number of rotatable bonds is 7. The quantitative estimate of drug-likeness (QED) is 0.466. The van der Waals surface area contributed by atoms with E-state index in [0.717, 1.165) is 11.1 Å². The van der Waals surface area contributed by atoms with Crippen molar-refractivity contribution in [3.8, 4) is 11.5 Å². The van der Waals surface area contributed by atoms with E-state index in [-0.39, 0.29) is 25.4 Å². The molecule has 1 heterocycles. The average molecular weight is 461 g/mol. The average Bonchev–Trinajstić information content (AvgIpc) is 3.35. The summed E-state index contributed by atoms with van der Waals surface area (Å²) in [4.78, 5) is 37.7. The van der Waals surface area contributed by atoms with Crippen LogP contribution < -0.4 is 25.6 Å². The van der Waals surface area contributed by atoms with Gasteiger partial charge in [0.2, 0.25) is 6.79 Å². The Morgan fingerprint density at radius 1 is 0.824 bits per heavy atom. The number of alkyl carbamates (subject to hydrolysis) is 1. The molecule has 3 aromatic rings. The molecule has 34 heavy (non-hydrogen) atoms. The van der Waals surface area contributed by atoms with Crippen LogP contribution in [0.25, 0.3) is 0 Å². The van der Waals surface area contributed by atoms with E-state index < -0.39 is 23.9 Å². The maximum atomic E-state index is 12.8. The van der Waals surface area contributed by atoms with Crippen LogP contribution in [-0.4, -0.2) is 30.7 Å². The molecule has 1 aliphatic rings. The predicted octanol–water partition coefficient (Wildman–Crippen LogP) is 2.71. The third-order valence-electron chi connectivity index (χ3n) is 5.04. The van der Waals surface area contributed by atoms with E-state index in [2.05, 4.69) is 16.2 Å². The molecule has 0 radical (unpaired) electrons. The minimum absolute atomic E-state index is 0.0627. The first-order valence-corrected chi connectivity index (χ1v) is 10.6. The van der Waals surface area contributed by atoms with Gasteiger partial charge in [-0.15, -0.1) is 0 Å². The molecule has 9 heteroatoms. The van der Waals surface area contributed by atoms with E-state index in [1.165, 1.54) is 6.07 Å². The van der Waals surface area contributed by atoms with Crippen molar-refractivity contribution in [1.29, 1.82) is 0 Å². The number of ether oxygens (including phenoxy) is 3. The van der Waals surface area contributed by atoms with Gasteiger partial charge in [0.05, 0.1) is 0 Å². The number of carbonyl (C=O) groups excluding carboxylic acids is 3. The van der Waals surface area contributed by atoms with E-state index in [1.54, 1.807) is 12.1 Å². The number of fused-ring (bicyclic) bond motifs is 1. The van der Waals surface area contributed by atoms with Gasteiger partial charge in [0.25, 0.3) is 11.8 Å². The molecule has 9 nitrogen and oxygen atoms in total. The van der Waals surface area contributed by atoms with Crippen molar-refractivity contribution in [3.05, 3.63) is 95.6 Å².